The zero-order valence-corrected chi connectivity index (χ0v) is 14.7. The highest BCUT2D eigenvalue weighted by atomic mass is 16.7. The number of hydroxylamine groups is 2. The second kappa shape index (κ2) is 8.65. The first kappa shape index (κ1) is 19.9. The number of carbonyl (C=O) groups is 4. The maximum absolute atomic E-state index is 12.2. The summed E-state index contributed by atoms with van der Waals surface area (Å²) in [5.74, 6) is -1.96. The number of nitrogens with one attached hydrogen (secondary N) is 1. The molecule has 1 N–H and O–H groups in total. The number of alkyl carbamates (subject to hydrolysis) is 1. The number of carbonyl (C=O) groups excluding carboxylic acids is 4. The fourth-order valence-electron chi connectivity index (χ4n) is 2.11. The van der Waals surface area contributed by atoms with Crippen LogP contribution >= 0.6 is 0 Å². The summed E-state index contributed by atoms with van der Waals surface area (Å²) in [4.78, 5) is 52.1. The maximum atomic E-state index is 12.2. The van der Waals surface area contributed by atoms with Crippen molar-refractivity contribution in [3.05, 3.63) is 0 Å². The zero-order chi connectivity index (χ0) is 18.3. The number of rotatable bonds is 7. The van der Waals surface area contributed by atoms with Gasteiger partial charge in [-0.2, -0.15) is 0 Å². The quantitative estimate of drug-likeness (QED) is 0.561. The van der Waals surface area contributed by atoms with Crippen LogP contribution in [0.1, 0.15) is 66.2 Å². The van der Waals surface area contributed by atoms with Crippen molar-refractivity contribution in [2.24, 2.45) is 0 Å². The molecule has 8 heteroatoms. The molecule has 0 bridgehead atoms. The maximum Gasteiger partial charge on any atom is 0.408 e. The molecule has 1 fully saturated rings. The van der Waals surface area contributed by atoms with Crippen LogP contribution in [0.25, 0.3) is 0 Å². The van der Waals surface area contributed by atoms with Crippen molar-refractivity contribution in [3.63, 3.8) is 0 Å². The molecular weight excluding hydrogens is 316 g/mol. The number of hydrogen-bond acceptors (Lipinski definition) is 6. The molecule has 1 aliphatic heterocycles. The molecule has 1 atom stereocenters. The van der Waals surface area contributed by atoms with Crippen molar-refractivity contribution in [1.82, 2.24) is 10.4 Å². The van der Waals surface area contributed by atoms with Gasteiger partial charge in [0.1, 0.15) is 11.6 Å². The molecule has 0 aromatic rings. The zero-order valence-electron chi connectivity index (χ0n) is 14.7. The molecule has 24 heavy (non-hydrogen) atoms. The topological polar surface area (TPSA) is 102 Å². The Hall–Kier alpha value is -2.12. The summed E-state index contributed by atoms with van der Waals surface area (Å²) >= 11 is 0. The lowest BCUT2D eigenvalue weighted by atomic mass is 10.1. The van der Waals surface area contributed by atoms with E-state index >= 15 is 0 Å². The van der Waals surface area contributed by atoms with E-state index < -0.39 is 35.5 Å². The summed E-state index contributed by atoms with van der Waals surface area (Å²) < 4.78 is 5.13. The van der Waals surface area contributed by atoms with Gasteiger partial charge in [0.15, 0.2) is 0 Å². The van der Waals surface area contributed by atoms with E-state index in [1.165, 1.54) is 0 Å². The number of ether oxygens (including phenoxy) is 1. The van der Waals surface area contributed by atoms with Gasteiger partial charge in [0.25, 0.3) is 11.8 Å². The van der Waals surface area contributed by atoms with Gasteiger partial charge in [0.2, 0.25) is 0 Å². The predicted octanol–water partition coefficient (Wildman–Crippen LogP) is 2.07. The third-order valence-corrected chi connectivity index (χ3v) is 3.26. The first-order chi connectivity index (χ1) is 11.1. The summed E-state index contributed by atoms with van der Waals surface area (Å²) in [5.41, 5.74) is -0.706. The Morgan fingerprint density at radius 1 is 1.17 bits per heavy atom. The second-order valence-corrected chi connectivity index (χ2v) is 6.69. The molecule has 0 saturated carbocycles. The Morgan fingerprint density at radius 2 is 1.75 bits per heavy atom. The molecule has 136 valence electrons. The molecule has 1 saturated heterocycles. The van der Waals surface area contributed by atoms with Gasteiger partial charge < -0.3 is 14.9 Å². The van der Waals surface area contributed by atoms with Crippen LogP contribution in [-0.4, -0.2) is 40.6 Å². The molecule has 1 heterocycles. The first-order valence-electron chi connectivity index (χ1n) is 8.21. The number of nitrogens with zero attached hydrogens (tertiary/aromatic N) is 1. The van der Waals surface area contributed by atoms with E-state index in [0.29, 0.717) is 17.9 Å². The lowest BCUT2D eigenvalue weighted by Gasteiger charge is -2.23. The molecular formula is C16H26N2O6. The fourth-order valence-corrected chi connectivity index (χ4v) is 2.11. The molecule has 0 unspecified atom stereocenters. The van der Waals surface area contributed by atoms with E-state index in [-0.39, 0.29) is 12.8 Å². The standard InChI is InChI=1S/C16H26N2O6/c1-5-6-7-8-11(17-15(22)23-16(2,3)4)14(21)24-18-12(19)9-10-13(18)20/h11H,5-10H2,1-4H3,(H,17,22)/t11-/m0/s1. The van der Waals surface area contributed by atoms with E-state index in [0.717, 1.165) is 12.8 Å². The monoisotopic (exact) mass is 342 g/mol. The predicted molar refractivity (Wildman–Crippen MR) is 84.5 cm³/mol. The molecule has 0 aromatic carbocycles. The smallest absolute Gasteiger partial charge is 0.408 e. The third-order valence-electron chi connectivity index (χ3n) is 3.26. The van der Waals surface area contributed by atoms with Gasteiger partial charge >= 0.3 is 12.1 Å². The van der Waals surface area contributed by atoms with Crippen LogP contribution in [0.4, 0.5) is 4.79 Å². The SMILES string of the molecule is CCCCC[C@H](NC(=O)OC(C)(C)C)C(=O)ON1C(=O)CCC1=O. The Labute approximate surface area is 141 Å². The van der Waals surface area contributed by atoms with Crippen molar-refractivity contribution >= 4 is 23.9 Å². The van der Waals surface area contributed by atoms with Gasteiger partial charge in [-0.15, -0.1) is 5.06 Å². The Morgan fingerprint density at radius 3 is 2.25 bits per heavy atom. The van der Waals surface area contributed by atoms with Crippen LogP contribution in [0, 0.1) is 0 Å². The number of hydrogen-bond donors (Lipinski definition) is 1. The number of amides is 3. The summed E-state index contributed by atoms with van der Waals surface area (Å²) in [6, 6.07) is -0.979. The van der Waals surface area contributed by atoms with Gasteiger partial charge in [-0.05, 0) is 27.2 Å². The van der Waals surface area contributed by atoms with Crippen molar-refractivity contribution in [3.8, 4) is 0 Å². The average Bonchev–Trinajstić information content (AvgIpc) is 2.76. The van der Waals surface area contributed by atoms with Crippen LogP contribution in [0.2, 0.25) is 0 Å². The third kappa shape index (κ3) is 6.55. The molecule has 1 aliphatic rings. The molecule has 0 aromatic heterocycles. The molecule has 8 nitrogen and oxygen atoms in total. The van der Waals surface area contributed by atoms with Crippen LogP contribution in [0.3, 0.4) is 0 Å². The minimum atomic E-state index is -0.979. The van der Waals surface area contributed by atoms with E-state index in [9.17, 15) is 19.2 Å². The second-order valence-electron chi connectivity index (χ2n) is 6.69. The van der Waals surface area contributed by atoms with Gasteiger partial charge in [0, 0.05) is 12.8 Å². The van der Waals surface area contributed by atoms with Crippen molar-refractivity contribution < 1.29 is 28.8 Å². The first-order valence-corrected chi connectivity index (χ1v) is 8.21. The van der Waals surface area contributed by atoms with Crippen LogP contribution < -0.4 is 5.32 Å². The minimum absolute atomic E-state index is 0.0199. The Kier molecular flexibility index (Phi) is 7.18. The molecule has 3 amide bonds. The highest BCUT2D eigenvalue weighted by molar-refractivity contribution is 6.01. The highest BCUT2D eigenvalue weighted by Gasteiger charge is 2.35. The summed E-state index contributed by atoms with van der Waals surface area (Å²) in [6.07, 6.45) is 2.13. The van der Waals surface area contributed by atoms with Crippen molar-refractivity contribution in [1.29, 1.82) is 0 Å². The fraction of sp³-hybridized carbons (Fsp3) is 0.750. The van der Waals surface area contributed by atoms with Crippen molar-refractivity contribution in [2.75, 3.05) is 0 Å². The minimum Gasteiger partial charge on any atom is -0.444 e. The van der Waals surface area contributed by atoms with Crippen LogP contribution in [0.15, 0.2) is 0 Å². The van der Waals surface area contributed by atoms with Crippen LogP contribution in [0.5, 0.6) is 0 Å². The van der Waals surface area contributed by atoms with E-state index in [1.54, 1.807) is 20.8 Å². The summed E-state index contributed by atoms with van der Waals surface area (Å²) in [5, 5.41) is 2.93. The van der Waals surface area contributed by atoms with E-state index in [4.69, 9.17) is 9.57 Å². The van der Waals surface area contributed by atoms with Gasteiger partial charge in [0.05, 0.1) is 0 Å². The van der Waals surface area contributed by atoms with Gasteiger partial charge in [-0.25, -0.2) is 9.59 Å². The lowest BCUT2D eigenvalue weighted by Crippen LogP contribution is -2.46. The Balaban J connectivity index is 2.69. The summed E-state index contributed by atoms with van der Waals surface area (Å²) in [6.45, 7) is 7.13. The molecule has 1 rings (SSSR count). The number of imide groups is 1. The van der Waals surface area contributed by atoms with Gasteiger partial charge in [-0.1, -0.05) is 26.2 Å². The van der Waals surface area contributed by atoms with Crippen molar-refractivity contribution in [2.45, 2.75) is 77.9 Å². The molecule has 0 aliphatic carbocycles. The van der Waals surface area contributed by atoms with Crippen LogP contribution in [-0.2, 0) is 24.0 Å². The normalized spacial score (nSPS) is 16.1. The number of unbranched alkanes of at least 4 members (excludes halogenated alkanes) is 2. The van der Waals surface area contributed by atoms with E-state index in [1.807, 2.05) is 6.92 Å². The highest BCUT2D eigenvalue weighted by Crippen LogP contribution is 2.15. The molecule has 0 radical (unpaired) electrons. The average molecular weight is 342 g/mol. The summed E-state index contributed by atoms with van der Waals surface area (Å²) in [7, 11) is 0. The molecule has 0 spiro atoms. The largest absolute Gasteiger partial charge is 0.444 e. The Bertz CT molecular complexity index is 481. The lowest BCUT2D eigenvalue weighted by molar-refractivity contribution is -0.199. The van der Waals surface area contributed by atoms with E-state index in [2.05, 4.69) is 5.32 Å². The van der Waals surface area contributed by atoms with Gasteiger partial charge in [-0.3, -0.25) is 9.59 Å².